The number of ketones is 1. The van der Waals surface area contributed by atoms with E-state index in [0.29, 0.717) is 5.56 Å². The Hall–Kier alpha value is -2.79. The van der Waals surface area contributed by atoms with Gasteiger partial charge in [0.25, 0.3) is 0 Å². The summed E-state index contributed by atoms with van der Waals surface area (Å²) in [6.07, 6.45) is 1.97. The molecule has 0 bridgehead atoms. The zero-order valence-electron chi connectivity index (χ0n) is 14.6. The summed E-state index contributed by atoms with van der Waals surface area (Å²) in [7, 11) is 0. The molecule has 3 nitrogen and oxygen atoms in total. The predicted octanol–water partition coefficient (Wildman–Crippen LogP) is 1.00. The molecule has 1 heterocycles. The number of aromatic nitrogens is 2. The Kier molecular flexibility index (Phi) is 5.81. The monoisotopic (exact) mass is 424 g/mol. The van der Waals surface area contributed by atoms with Crippen molar-refractivity contribution in [2.45, 2.75) is 13.1 Å². The normalized spacial score (nSPS) is 10.6. The highest BCUT2D eigenvalue weighted by Crippen LogP contribution is 2.13. The molecule has 1 aromatic heterocycles. The summed E-state index contributed by atoms with van der Waals surface area (Å²) in [5.74, 6) is -0.383. The minimum absolute atomic E-state index is 0. The maximum Gasteiger partial charge on any atom is 0.245 e. The fourth-order valence-electron chi connectivity index (χ4n) is 3.16. The second kappa shape index (κ2) is 8.27. The molecule has 3 aromatic carbocycles. The first kappa shape index (κ1) is 19.0. The van der Waals surface area contributed by atoms with Gasteiger partial charge in [0.05, 0.1) is 0 Å². The molecule has 5 heteroatoms. The van der Waals surface area contributed by atoms with Gasteiger partial charge in [-0.1, -0.05) is 42.5 Å². The summed E-state index contributed by atoms with van der Waals surface area (Å²) in [6.45, 7) is 0.951. The Bertz CT molecular complexity index is 1060. The standard InChI is InChI=1S/C22H18FN2O.BrH/c23-19-12-10-18(11-13-19)22(26)15-25-16-24(14-17-6-2-1-3-7-17)20-8-4-5-9-21(20)25;/h1-13,16H,14-15H2;1H/q+1;/p-1. The Balaban J connectivity index is 0.00000210. The van der Waals surface area contributed by atoms with Crippen LogP contribution in [0.25, 0.3) is 11.0 Å². The number of benzene rings is 3. The number of rotatable bonds is 5. The number of Topliss-reactive ketones (excluding diaryl/α,β-unsaturated/α-hetero) is 1. The van der Waals surface area contributed by atoms with Crippen LogP contribution in [-0.2, 0) is 13.1 Å². The molecule has 0 unspecified atom stereocenters. The highest BCUT2D eigenvalue weighted by atomic mass is 79.9. The number of hydrogen-bond acceptors (Lipinski definition) is 1. The summed E-state index contributed by atoms with van der Waals surface area (Å²) < 4.78 is 17.2. The van der Waals surface area contributed by atoms with E-state index in [9.17, 15) is 9.18 Å². The van der Waals surface area contributed by atoms with Crippen LogP contribution in [-0.4, -0.2) is 10.4 Å². The van der Waals surface area contributed by atoms with Gasteiger partial charge in [0.15, 0.2) is 17.6 Å². The lowest BCUT2D eigenvalue weighted by atomic mass is 10.1. The van der Waals surface area contributed by atoms with E-state index in [0.717, 1.165) is 17.6 Å². The van der Waals surface area contributed by atoms with Crippen molar-refractivity contribution in [1.82, 2.24) is 4.57 Å². The minimum atomic E-state index is -0.339. The lowest BCUT2D eigenvalue weighted by molar-refractivity contribution is -0.663. The van der Waals surface area contributed by atoms with Gasteiger partial charge >= 0.3 is 0 Å². The van der Waals surface area contributed by atoms with E-state index >= 15 is 0 Å². The molecular weight excluding hydrogens is 407 g/mol. The van der Waals surface area contributed by atoms with Crippen molar-refractivity contribution < 1.29 is 30.7 Å². The van der Waals surface area contributed by atoms with Gasteiger partial charge in [-0.3, -0.25) is 4.79 Å². The average Bonchev–Trinajstić information content (AvgIpc) is 3.01. The second-order valence-electron chi connectivity index (χ2n) is 6.28. The van der Waals surface area contributed by atoms with Gasteiger partial charge in [-0.05, 0) is 42.0 Å². The molecule has 0 amide bonds. The van der Waals surface area contributed by atoms with Gasteiger partial charge < -0.3 is 17.0 Å². The number of nitrogens with zero attached hydrogens (tertiary/aromatic N) is 2. The lowest BCUT2D eigenvalue weighted by Crippen LogP contribution is -3.00. The summed E-state index contributed by atoms with van der Waals surface area (Å²) in [5, 5.41) is 0. The third-order valence-corrected chi connectivity index (χ3v) is 4.46. The summed E-state index contributed by atoms with van der Waals surface area (Å²) in [6, 6.07) is 23.9. The molecule has 4 aromatic rings. The van der Waals surface area contributed by atoms with Crippen molar-refractivity contribution in [2.75, 3.05) is 0 Å². The molecule has 0 atom stereocenters. The fourth-order valence-corrected chi connectivity index (χ4v) is 3.16. The molecule has 0 aliphatic heterocycles. The molecule has 27 heavy (non-hydrogen) atoms. The largest absolute Gasteiger partial charge is 1.00 e. The SMILES string of the molecule is O=C(Cn1c[n+](Cc2ccccc2)c2ccccc21)c1ccc(F)cc1.[Br-]. The Morgan fingerprint density at radius 1 is 0.889 bits per heavy atom. The molecule has 0 spiro atoms. The maximum absolute atomic E-state index is 13.1. The molecular formula is C22H18BrFN2O. The van der Waals surface area contributed by atoms with E-state index in [1.807, 2.05) is 47.3 Å². The van der Waals surface area contributed by atoms with Crippen molar-refractivity contribution >= 4 is 16.8 Å². The van der Waals surface area contributed by atoms with E-state index in [2.05, 4.69) is 22.8 Å². The molecule has 4 rings (SSSR count). The van der Waals surface area contributed by atoms with Crippen LogP contribution in [0, 0.1) is 5.82 Å². The number of carbonyl (C=O) groups excluding carboxylic acids is 1. The maximum atomic E-state index is 13.1. The second-order valence-corrected chi connectivity index (χ2v) is 6.28. The van der Waals surface area contributed by atoms with Crippen LogP contribution in [0.5, 0.6) is 0 Å². The first-order valence-electron chi connectivity index (χ1n) is 8.51. The van der Waals surface area contributed by atoms with Crippen LogP contribution in [0.2, 0.25) is 0 Å². The van der Waals surface area contributed by atoms with Crippen LogP contribution in [0.3, 0.4) is 0 Å². The van der Waals surface area contributed by atoms with E-state index in [4.69, 9.17) is 0 Å². The third kappa shape index (κ3) is 4.14. The Morgan fingerprint density at radius 3 is 2.30 bits per heavy atom. The highest BCUT2D eigenvalue weighted by molar-refractivity contribution is 5.96. The van der Waals surface area contributed by atoms with Gasteiger partial charge in [0.1, 0.15) is 12.4 Å². The molecule has 0 aliphatic carbocycles. The highest BCUT2D eigenvalue weighted by Gasteiger charge is 2.18. The quantitative estimate of drug-likeness (QED) is 0.346. The number of para-hydroxylation sites is 2. The van der Waals surface area contributed by atoms with Crippen LogP contribution < -0.4 is 21.5 Å². The van der Waals surface area contributed by atoms with Crippen LogP contribution in [0.15, 0.2) is 85.2 Å². The first-order valence-corrected chi connectivity index (χ1v) is 8.51. The topological polar surface area (TPSA) is 25.9 Å². The minimum Gasteiger partial charge on any atom is -1.00 e. The van der Waals surface area contributed by atoms with Gasteiger partial charge in [-0.15, -0.1) is 0 Å². The van der Waals surface area contributed by atoms with Crippen molar-refractivity contribution in [3.05, 3.63) is 102 Å². The molecule has 0 fully saturated rings. The first-order chi connectivity index (χ1) is 12.7. The van der Waals surface area contributed by atoms with Crippen LogP contribution in [0.1, 0.15) is 15.9 Å². The number of halogens is 2. The average molecular weight is 425 g/mol. The van der Waals surface area contributed by atoms with E-state index in [-0.39, 0.29) is 35.1 Å². The Morgan fingerprint density at radius 2 is 1.56 bits per heavy atom. The number of imidazole rings is 1. The number of carbonyl (C=O) groups is 1. The van der Waals surface area contributed by atoms with Crippen LogP contribution in [0.4, 0.5) is 4.39 Å². The van der Waals surface area contributed by atoms with Gasteiger partial charge in [-0.2, -0.15) is 0 Å². The van der Waals surface area contributed by atoms with Crippen LogP contribution >= 0.6 is 0 Å². The molecule has 0 saturated carbocycles. The zero-order valence-corrected chi connectivity index (χ0v) is 16.1. The summed E-state index contributed by atoms with van der Waals surface area (Å²) in [4.78, 5) is 12.6. The van der Waals surface area contributed by atoms with E-state index in [1.165, 1.54) is 29.8 Å². The van der Waals surface area contributed by atoms with Crippen molar-refractivity contribution in [1.29, 1.82) is 0 Å². The fraction of sp³-hybridized carbons (Fsp3) is 0.0909. The summed E-state index contributed by atoms with van der Waals surface area (Å²) >= 11 is 0. The number of hydrogen-bond donors (Lipinski definition) is 0. The van der Waals surface area contributed by atoms with Gasteiger partial charge in [0.2, 0.25) is 12.1 Å². The molecule has 0 N–H and O–H groups in total. The third-order valence-electron chi connectivity index (χ3n) is 4.46. The van der Waals surface area contributed by atoms with E-state index in [1.54, 1.807) is 0 Å². The Labute approximate surface area is 167 Å². The predicted molar refractivity (Wildman–Crippen MR) is 98.4 cm³/mol. The summed E-state index contributed by atoms with van der Waals surface area (Å²) in [5.41, 5.74) is 3.78. The molecule has 0 saturated heterocycles. The van der Waals surface area contributed by atoms with Crippen molar-refractivity contribution in [3.63, 3.8) is 0 Å². The molecule has 0 aliphatic rings. The van der Waals surface area contributed by atoms with Crippen molar-refractivity contribution in [3.8, 4) is 0 Å². The number of fused-ring (bicyclic) bond motifs is 1. The smallest absolute Gasteiger partial charge is 0.245 e. The zero-order chi connectivity index (χ0) is 17.9. The van der Waals surface area contributed by atoms with Gasteiger partial charge in [0, 0.05) is 5.56 Å². The van der Waals surface area contributed by atoms with Gasteiger partial charge in [-0.25, -0.2) is 13.5 Å². The van der Waals surface area contributed by atoms with Crippen molar-refractivity contribution in [2.24, 2.45) is 0 Å². The van der Waals surface area contributed by atoms with E-state index < -0.39 is 0 Å². The lowest BCUT2D eigenvalue weighted by Gasteiger charge is -1.99. The molecule has 0 radical (unpaired) electrons. The molecule has 136 valence electrons.